The Balaban J connectivity index is 1.64. The second-order valence-electron chi connectivity index (χ2n) is 9.71. The summed E-state index contributed by atoms with van der Waals surface area (Å²) in [5.74, 6) is 0.617. The predicted molar refractivity (Wildman–Crippen MR) is 126 cm³/mol. The fraction of sp³-hybridized carbons (Fsp3) is 0.625. The predicted octanol–water partition coefficient (Wildman–Crippen LogP) is 2.27. The Hall–Kier alpha value is -2.14. The summed E-state index contributed by atoms with van der Waals surface area (Å²) in [6.07, 6.45) is 3.70. The summed E-state index contributed by atoms with van der Waals surface area (Å²) in [5.41, 5.74) is -0.100. The third-order valence-corrected chi connectivity index (χ3v) is 7.91. The van der Waals surface area contributed by atoms with Gasteiger partial charge in [-0.05, 0) is 54.5 Å². The van der Waals surface area contributed by atoms with Gasteiger partial charge in [0, 0.05) is 25.6 Å². The number of nitrogens with one attached hydrogen (secondary N) is 1. The number of allylic oxidation sites excluding steroid dienone is 1. The lowest BCUT2D eigenvalue weighted by Gasteiger charge is -2.36. The summed E-state index contributed by atoms with van der Waals surface area (Å²) in [6, 6.07) is 6.29. The van der Waals surface area contributed by atoms with Gasteiger partial charge in [0.25, 0.3) is 5.91 Å². The molecule has 2 atom stereocenters. The van der Waals surface area contributed by atoms with Gasteiger partial charge in [0.2, 0.25) is 16.3 Å². The van der Waals surface area contributed by atoms with E-state index >= 15 is 0 Å². The van der Waals surface area contributed by atoms with E-state index in [-0.39, 0.29) is 60.2 Å². The van der Waals surface area contributed by atoms with Gasteiger partial charge >= 0.3 is 0 Å². The van der Waals surface area contributed by atoms with Gasteiger partial charge in [-0.25, -0.2) is 8.42 Å². The van der Waals surface area contributed by atoms with E-state index in [4.69, 9.17) is 14.2 Å². The summed E-state index contributed by atoms with van der Waals surface area (Å²) in [5, 5.41) is 12.4. The average Bonchev–Trinajstić information content (AvgIpc) is 3.61. The number of aliphatic hydroxyl groups is 1. The fourth-order valence-electron chi connectivity index (χ4n) is 3.65. The van der Waals surface area contributed by atoms with Crippen LogP contribution in [0.3, 0.4) is 0 Å². The first kappa shape index (κ1) is 26.5. The van der Waals surface area contributed by atoms with E-state index in [1.807, 2.05) is 6.08 Å². The van der Waals surface area contributed by atoms with Crippen molar-refractivity contribution < 1.29 is 32.5 Å². The fourth-order valence-corrected chi connectivity index (χ4v) is 5.07. The highest BCUT2D eigenvalue weighted by Crippen LogP contribution is 2.36. The average molecular weight is 497 g/mol. The molecular formula is C24H36N2O7S. The van der Waals surface area contributed by atoms with Crippen LogP contribution in [0.1, 0.15) is 40.0 Å². The molecule has 0 aromatic heterocycles. The first-order chi connectivity index (χ1) is 16.0. The molecule has 0 radical (unpaired) electrons. The Labute approximate surface area is 202 Å². The number of amides is 1. The van der Waals surface area contributed by atoms with Crippen molar-refractivity contribution in [3.63, 3.8) is 0 Å². The van der Waals surface area contributed by atoms with E-state index in [0.717, 1.165) is 12.8 Å². The number of ether oxygens (including phenoxy) is 3. The molecule has 1 aromatic rings. The Morgan fingerprint density at radius 1 is 1.21 bits per heavy atom. The van der Waals surface area contributed by atoms with E-state index in [9.17, 15) is 18.3 Å². The molecular weight excluding hydrogens is 460 g/mol. The Kier molecular flexibility index (Phi) is 8.62. The lowest BCUT2D eigenvalue weighted by Crippen LogP contribution is -2.39. The number of nitrogens with zero attached hydrogens (tertiary/aromatic N) is 1. The molecule has 1 fully saturated rings. The number of rotatable bonds is 11. The Morgan fingerprint density at radius 2 is 1.88 bits per heavy atom. The molecule has 1 saturated carbocycles. The number of methoxy groups -OCH3 is 1. The summed E-state index contributed by atoms with van der Waals surface area (Å²) in [4.78, 5) is 12.7. The highest BCUT2D eigenvalue weighted by atomic mass is 32.2. The first-order valence-corrected chi connectivity index (χ1v) is 13.0. The van der Waals surface area contributed by atoms with Crippen LogP contribution in [0.4, 0.5) is 0 Å². The van der Waals surface area contributed by atoms with E-state index in [0.29, 0.717) is 12.2 Å². The highest BCUT2D eigenvalue weighted by molar-refractivity contribution is 7.89. The largest absolute Gasteiger partial charge is 0.497 e. The van der Waals surface area contributed by atoms with Gasteiger partial charge in [-0.2, -0.15) is 4.31 Å². The van der Waals surface area contributed by atoms with Crippen molar-refractivity contribution in [3.8, 4) is 5.75 Å². The molecule has 1 aliphatic heterocycles. The van der Waals surface area contributed by atoms with Gasteiger partial charge < -0.3 is 24.6 Å². The number of aliphatic hydroxyl groups excluding tert-OH is 1. The second kappa shape index (κ2) is 11.1. The molecule has 9 nitrogen and oxygen atoms in total. The Bertz CT molecular complexity index is 966. The number of hydrogen-bond acceptors (Lipinski definition) is 7. The smallest absolute Gasteiger partial charge is 0.286 e. The van der Waals surface area contributed by atoms with Crippen LogP contribution in [-0.2, 0) is 24.3 Å². The third-order valence-electron chi connectivity index (χ3n) is 6.00. The van der Waals surface area contributed by atoms with Crippen molar-refractivity contribution in [3.05, 3.63) is 36.1 Å². The number of hydrogen-bond donors (Lipinski definition) is 2. The van der Waals surface area contributed by atoms with Crippen LogP contribution < -0.4 is 10.1 Å². The van der Waals surface area contributed by atoms with Crippen molar-refractivity contribution in [1.29, 1.82) is 0 Å². The zero-order chi connectivity index (χ0) is 24.9. The van der Waals surface area contributed by atoms with Gasteiger partial charge in [-0.3, -0.25) is 4.79 Å². The van der Waals surface area contributed by atoms with Crippen LogP contribution in [0.25, 0.3) is 0 Å². The lowest BCUT2D eigenvalue weighted by atomic mass is 9.77. The van der Waals surface area contributed by atoms with Crippen LogP contribution in [0, 0.1) is 11.3 Å². The number of carbonyl (C=O) groups is 1. The SMILES string of the molecule is COc1ccc(S(=O)(=O)N(CCO)CCO[C@H]2C[C@@H](C(C)(C)C)C=C(C(=O)NC3CC3)O2)cc1. The lowest BCUT2D eigenvalue weighted by molar-refractivity contribution is -0.153. The van der Waals surface area contributed by atoms with Gasteiger partial charge in [-0.15, -0.1) is 0 Å². The second-order valence-corrected chi connectivity index (χ2v) is 11.6. The molecule has 0 unspecified atom stereocenters. The van der Waals surface area contributed by atoms with Crippen molar-refractivity contribution >= 4 is 15.9 Å². The number of sulfonamides is 1. The van der Waals surface area contributed by atoms with Crippen LogP contribution in [0.5, 0.6) is 5.75 Å². The standard InChI is InChI=1S/C24H36N2O7S/c1-24(2,3)17-15-21(23(28)25-18-5-6-18)33-22(16-17)32-14-12-26(11-13-27)34(29,30)20-9-7-19(31-4)8-10-20/h7-10,15,17-18,22,27H,5-6,11-14,16H2,1-4H3,(H,25,28)/t17-,22+/m0/s1. The maximum atomic E-state index is 13.1. The van der Waals surface area contributed by atoms with E-state index in [1.165, 1.54) is 23.5 Å². The summed E-state index contributed by atoms with van der Waals surface area (Å²) in [6.45, 7) is 5.97. The summed E-state index contributed by atoms with van der Waals surface area (Å²) < 4.78 is 44.1. The molecule has 3 rings (SSSR count). The first-order valence-electron chi connectivity index (χ1n) is 11.6. The zero-order valence-corrected chi connectivity index (χ0v) is 21.1. The minimum atomic E-state index is -3.83. The van der Waals surface area contributed by atoms with Crippen molar-refractivity contribution in [2.24, 2.45) is 11.3 Å². The molecule has 2 N–H and O–H groups in total. The molecule has 2 aliphatic rings. The molecule has 10 heteroatoms. The maximum Gasteiger partial charge on any atom is 0.286 e. The highest BCUT2D eigenvalue weighted by Gasteiger charge is 2.35. The Morgan fingerprint density at radius 3 is 2.44 bits per heavy atom. The van der Waals surface area contributed by atoms with Crippen molar-refractivity contribution in [1.82, 2.24) is 9.62 Å². The molecule has 190 valence electrons. The third kappa shape index (κ3) is 6.94. The van der Waals surface area contributed by atoms with Crippen LogP contribution in [0.2, 0.25) is 0 Å². The van der Waals surface area contributed by atoms with E-state index in [1.54, 1.807) is 12.1 Å². The normalized spacial score (nSPS) is 21.1. The maximum absolute atomic E-state index is 13.1. The molecule has 1 amide bonds. The van der Waals surface area contributed by atoms with Crippen molar-refractivity contribution in [2.45, 2.75) is 57.3 Å². The number of benzene rings is 1. The van der Waals surface area contributed by atoms with Crippen LogP contribution in [0.15, 0.2) is 41.0 Å². The molecule has 1 heterocycles. The van der Waals surface area contributed by atoms with Crippen molar-refractivity contribution in [2.75, 3.05) is 33.4 Å². The summed E-state index contributed by atoms with van der Waals surface area (Å²) in [7, 11) is -2.33. The van der Waals surface area contributed by atoms with E-state index in [2.05, 4.69) is 26.1 Å². The van der Waals surface area contributed by atoms with Gasteiger partial charge in [0.15, 0.2) is 5.76 Å². The molecule has 0 saturated heterocycles. The zero-order valence-electron chi connectivity index (χ0n) is 20.3. The van der Waals surface area contributed by atoms with Gasteiger partial charge in [-0.1, -0.05) is 20.8 Å². The monoisotopic (exact) mass is 496 g/mol. The van der Waals surface area contributed by atoms with Crippen LogP contribution >= 0.6 is 0 Å². The topological polar surface area (TPSA) is 114 Å². The minimum absolute atomic E-state index is 0.0300. The molecule has 34 heavy (non-hydrogen) atoms. The minimum Gasteiger partial charge on any atom is -0.497 e. The molecule has 0 bridgehead atoms. The molecule has 1 aromatic carbocycles. The van der Waals surface area contributed by atoms with E-state index < -0.39 is 16.3 Å². The molecule has 0 spiro atoms. The molecule has 1 aliphatic carbocycles. The van der Waals surface area contributed by atoms with Crippen LogP contribution in [-0.4, -0.2) is 69.5 Å². The summed E-state index contributed by atoms with van der Waals surface area (Å²) >= 11 is 0. The number of carbonyl (C=O) groups excluding carboxylic acids is 1. The van der Waals surface area contributed by atoms with Gasteiger partial charge in [0.1, 0.15) is 5.75 Å². The van der Waals surface area contributed by atoms with Gasteiger partial charge in [0.05, 0.1) is 25.2 Å². The quantitative estimate of drug-likeness (QED) is 0.483.